The van der Waals surface area contributed by atoms with Crippen LogP contribution in [0.4, 0.5) is 0 Å². The zero-order chi connectivity index (χ0) is 16.8. The summed E-state index contributed by atoms with van der Waals surface area (Å²) in [5.74, 6) is -0.514. The minimum atomic E-state index is -1.06. The van der Waals surface area contributed by atoms with Crippen molar-refractivity contribution in [1.82, 2.24) is 15.0 Å². The third kappa shape index (κ3) is 4.35. The number of pyridine rings is 1. The van der Waals surface area contributed by atoms with Crippen LogP contribution in [0.5, 0.6) is 0 Å². The minimum Gasteiger partial charge on any atom is -0.477 e. The number of aryl methyl sites for hydroxylation is 1. The van der Waals surface area contributed by atoms with E-state index in [-0.39, 0.29) is 11.3 Å². The molecule has 0 bridgehead atoms. The summed E-state index contributed by atoms with van der Waals surface area (Å²) >= 11 is 0. The lowest BCUT2D eigenvalue weighted by atomic mass is 10.1. The molecule has 0 aromatic carbocycles. The SMILES string of the molecule is CCCc1cc(=O)[nH]c(C(=Cc2ccc(C(=O)O)nc2)CC)n1. The van der Waals surface area contributed by atoms with Gasteiger partial charge in [0.2, 0.25) is 0 Å². The normalized spacial score (nSPS) is 11.5. The highest BCUT2D eigenvalue weighted by Crippen LogP contribution is 2.17. The number of rotatable bonds is 6. The Kier molecular flexibility index (Phi) is 5.41. The number of hydrogen-bond donors (Lipinski definition) is 2. The van der Waals surface area contributed by atoms with Crippen molar-refractivity contribution in [3.63, 3.8) is 0 Å². The lowest BCUT2D eigenvalue weighted by Crippen LogP contribution is -2.12. The second-order valence-electron chi connectivity index (χ2n) is 5.14. The third-order valence-electron chi connectivity index (χ3n) is 3.33. The summed E-state index contributed by atoms with van der Waals surface area (Å²) in [7, 11) is 0. The van der Waals surface area contributed by atoms with Crippen LogP contribution in [0.2, 0.25) is 0 Å². The van der Waals surface area contributed by atoms with E-state index in [1.807, 2.05) is 19.9 Å². The van der Waals surface area contributed by atoms with Crippen LogP contribution in [-0.4, -0.2) is 26.0 Å². The summed E-state index contributed by atoms with van der Waals surface area (Å²) in [4.78, 5) is 33.7. The summed E-state index contributed by atoms with van der Waals surface area (Å²) in [5.41, 5.74) is 2.22. The Hall–Kier alpha value is -2.76. The number of carboxylic acids is 1. The van der Waals surface area contributed by atoms with E-state index in [0.717, 1.165) is 29.7 Å². The molecule has 2 heterocycles. The average molecular weight is 313 g/mol. The number of aromatic nitrogens is 3. The molecule has 0 saturated heterocycles. The fourth-order valence-electron chi connectivity index (χ4n) is 2.20. The molecule has 6 heteroatoms. The van der Waals surface area contributed by atoms with E-state index in [1.165, 1.54) is 18.3 Å². The highest BCUT2D eigenvalue weighted by molar-refractivity contribution is 5.86. The van der Waals surface area contributed by atoms with Gasteiger partial charge in [-0.2, -0.15) is 0 Å². The maximum atomic E-state index is 11.8. The van der Waals surface area contributed by atoms with Gasteiger partial charge in [-0.1, -0.05) is 26.3 Å². The first-order chi connectivity index (χ1) is 11.0. The van der Waals surface area contributed by atoms with Crippen LogP contribution in [0.1, 0.15) is 54.3 Å². The molecule has 0 unspecified atom stereocenters. The molecule has 0 atom stereocenters. The standard InChI is InChI=1S/C17H19N3O3/c1-3-5-13-9-15(21)20-16(19-13)12(4-2)8-11-6-7-14(17(22)23)18-10-11/h6-10H,3-5H2,1-2H3,(H,22,23)(H,19,20,21). The number of nitrogens with zero attached hydrogens (tertiary/aromatic N) is 2. The topological polar surface area (TPSA) is 95.9 Å². The number of allylic oxidation sites excluding steroid dienone is 1. The van der Waals surface area contributed by atoms with Crippen molar-refractivity contribution in [2.75, 3.05) is 0 Å². The molecule has 0 spiro atoms. The molecule has 2 aromatic rings. The zero-order valence-corrected chi connectivity index (χ0v) is 13.2. The van der Waals surface area contributed by atoms with Gasteiger partial charge in [-0.05, 0) is 36.1 Å². The van der Waals surface area contributed by atoms with Crippen molar-refractivity contribution in [3.05, 3.63) is 57.5 Å². The first-order valence-corrected chi connectivity index (χ1v) is 7.54. The number of carbonyl (C=O) groups is 1. The van der Waals surface area contributed by atoms with E-state index in [2.05, 4.69) is 15.0 Å². The Morgan fingerprint density at radius 3 is 2.70 bits per heavy atom. The van der Waals surface area contributed by atoms with Crippen molar-refractivity contribution in [1.29, 1.82) is 0 Å². The van der Waals surface area contributed by atoms with Gasteiger partial charge in [-0.25, -0.2) is 14.8 Å². The molecule has 0 aliphatic heterocycles. The van der Waals surface area contributed by atoms with Crippen molar-refractivity contribution in [2.24, 2.45) is 0 Å². The van der Waals surface area contributed by atoms with Crippen LogP contribution in [0.3, 0.4) is 0 Å². The van der Waals surface area contributed by atoms with E-state index in [1.54, 1.807) is 6.07 Å². The Morgan fingerprint density at radius 2 is 2.13 bits per heavy atom. The van der Waals surface area contributed by atoms with Gasteiger partial charge in [0.25, 0.3) is 5.56 Å². The summed E-state index contributed by atoms with van der Waals surface area (Å²) in [6.07, 6.45) is 5.70. The number of nitrogens with one attached hydrogen (secondary N) is 1. The van der Waals surface area contributed by atoms with Crippen molar-refractivity contribution >= 4 is 17.6 Å². The fraction of sp³-hybridized carbons (Fsp3) is 0.294. The highest BCUT2D eigenvalue weighted by Gasteiger charge is 2.07. The van der Waals surface area contributed by atoms with E-state index < -0.39 is 5.97 Å². The van der Waals surface area contributed by atoms with Gasteiger partial charge in [0.1, 0.15) is 11.5 Å². The van der Waals surface area contributed by atoms with Crippen molar-refractivity contribution in [3.8, 4) is 0 Å². The van der Waals surface area contributed by atoms with Crippen molar-refractivity contribution < 1.29 is 9.90 Å². The molecule has 2 N–H and O–H groups in total. The van der Waals surface area contributed by atoms with Crippen LogP contribution in [-0.2, 0) is 6.42 Å². The number of aromatic carboxylic acids is 1. The summed E-state index contributed by atoms with van der Waals surface area (Å²) < 4.78 is 0. The van der Waals surface area contributed by atoms with Gasteiger partial charge in [0, 0.05) is 18.0 Å². The monoisotopic (exact) mass is 313 g/mol. The molecule has 0 saturated carbocycles. The molecular weight excluding hydrogens is 294 g/mol. The molecule has 0 amide bonds. The Morgan fingerprint density at radius 1 is 1.35 bits per heavy atom. The summed E-state index contributed by atoms with van der Waals surface area (Å²) in [6.45, 7) is 4.01. The Balaban J connectivity index is 2.38. The fourth-order valence-corrected chi connectivity index (χ4v) is 2.20. The van der Waals surface area contributed by atoms with E-state index in [4.69, 9.17) is 5.11 Å². The molecular formula is C17H19N3O3. The quantitative estimate of drug-likeness (QED) is 0.855. The predicted molar refractivity (Wildman–Crippen MR) is 88.2 cm³/mol. The Bertz CT molecular complexity index is 776. The number of H-pyrrole nitrogens is 1. The molecule has 2 aromatic heterocycles. The van der Waals surface area contributed by atoms with Crippen molar-refractivity contribution in [2.45, 2.75) is 33.1 Å². The molecule has 0 aliphatic rings. The first kappa shape index (κ1) is 16.6. The molecule has 0 aliphatic carbocycles. The maximum Gasteiger partial charge on any atom is 0.354 e. The third-order valence-corrected chi connectivity index (χ3v) is 3.33. The van der Waals surface area contributed by atoms with Gasteiger partial charge >= 0.3 is 5.97 Å². The van der Waals surface area contributed by atoms with Gasteiger partial charge in [0.05, 0.1) is 0 Å². The van der Waals surface area contributed by atoms with Crippen LogP contribution < -0.4 is 5.56 Å². The number of aromatic amines is 1. The summed E-state index contributed by atoms with van der Waals surface area (Å²) in [6, 6.07) is 4.65. The maximum absolute atomic E-state index is 11.8. The molecule has 0 fully saturated rings. The van der Waals surface area contributed by atoms with Crippen LogP contribution in [0.15, 0.2) is 29.2 Å². The molecule has 2 rings (SSSR count). The van der Waals surface area contributed by atoms with Gasteiger partial charge in [0.15, 0.2) is 0 Å². The van der Waals surface area contributed by atoms with Crippen LogP contribution in [0, 0.1) is 0 Å². The van der Waals surface area contributed by atoms with Crippen LogP contribution >= 0.6 is 0 Å². The largest absolute Gasteiger partial charge is 0.477 e. The second-order valence-corrected chi connectivity index (χ2v) is 5.14. The molecule has 0 radical (unpaired) electrons. The smallest absolute Gasteiger partial charge is 0.354 e. The lowest BCUT2D eigenvalue weighted by Gasteiger charge is -2.06. The van der Waals surface area contributed by atoms with E-state index in [0.29, 0.717) is 12.2 Å². The molecule has 6 nitrogen and oxygen atoms in total. The van der Waals surface area contributed by atoms with E-state index in [9.17, 15) is 9.59 Å². The van der Waals surface area contributed by atoms with E-state index >= 15 is 0 Å². The minimum absolute atomic E-state index is 0.00308. The van der Waals surface area contributed by atoms with Gasteiger partial charge in [-0.15, -0.1) is 0 Å². The highest BCUT2D eigenvalue weighted by atomic mass is 16.4. The van der Waals surface area contributed by atoms with Gasteiger partial charge in [-0.3, -0.25) is 4.79 Å². The second kappa shape index (κ2) is 7.49. The zero-order valence-electron chi connectivity index (χ0n) is 13.2. The molecule has 23 heavy (non-hydrogen) atoms. The summed E-state index contributed by atoms with van der Waals surface area (Å²) in [5, 5.41) is 8.87. The number of carboxylic acid groups (broad SMARTS) is 1. The average Bonchev–Trinajstić information content (AvgIpc) is 2.52. The number of hydrogen-bond acceptors (Lipinski definition) is 4. The first-order valence-electron chi connectivity index (χ1n) is 7.54. The van der Waals surface area contributed by atoms with Crippen LogP contribution in [0.25, 0.3) is 11.6 Å². The lowest BCUT2D eigenvalue weighted by molar-refractivity contribution is 0.0690. The Labute approximate surface area is 133 Å². The predicted octanol–water partition coefficient (Wildman–Crippen LogP) is 2.77. The van der Waals surface area contributed by atoms with Gasteiger partial charge < -0.3 is 10.1 Å². The molecule has 120 valence electrons.